The molecule has 0 saturated carbocycles. The second-order valence-electron chi connectivity index (χ2n) is 3.44. The van der Waals surface area contributed by atoms with Crippen molar-refractivity contribution in [1.29, 1.82) is 0 Å². The van der Waals surface area contributed by atoms with Crippen molar-refractivity contribution in [3.63, 3.8) is 0 Å². The molecule has 5 heteroatoms. The second kappa shape index (κ2) is 7.34. The molecule has 1 saturated heterocycles. The minimum atomic E-state index is -0.665. The van der Waals surface area contributed by atoms with Crippen molar-refractivity contribution in [1.82, 2.24) is 5.32 Å². The largest absolute Gasteiger partial charge is 0.355 e. The van der Waals surface area contributed by atoms with Crippen LogP contribution >= 0.6 is 0 Å². The van der Waals surface area contributed by atoms with Gasteiger partial charge in [-0.15, -0.1) is 0 Å². The minimum Gasteiger partial charge on any atom is -0.355 e. The highest BCUT2D eigenvalue weighted by atomic mass is 32.2. The summed E-state index contributed by atoms with van der Waals surface area (Å²) in [7, 11) is -0.665. The highest BCUT2D eigenvalue weighted by Gasteiger charge is 2.12. The third kappa shape index (κ3) is 5.70. The average Bonchev–Trinajstić information content (AvgIpc) is 2.18. The summed E-state index contributed by atoms with van der Waals surface area (Å²) in [6, 6.07) is 0. The molecule has 2 unspecified atom stereocenters. The highest BCUT2D eigenvalue weighted by molar-refractivity contribution is 7.84. The number of ether oxygens (including phenoxy) is 2. The normalized spacial score (nSPS) is 24.8. The van der Waals surface area contributed by atoms with Crippen LogP contribution in [-0.4, -0.2) is 48.8 Å². The van der Waals surface area contributed by atoms with E-state index in [0.29, 0.717) is 6.79 Å². The summed E-state index contributed by atoms with van der Waals surface area (Å²) < 4.78 is 21.2. The molecule has 0 aromatic rings. The van der Waals surface area contributed by atoms with Gasteiger partial charge in [-0.2, -0.15) is 0 Å². The molecule has 4 nitrogen and oxygen atoms in total. The smallest absolute Gasteiger partial charge is 0.147 e. The number of hydrogen-bond acceptors (Lipinski definition) is 4. The quantitative estimate of drug-likeness (QED) is 0.647. The predicted octanol–water partition coefficient (Wildman–Crippen LogP) is 0.108. The lowest BCUT2D eigenvalue weighted by Crippen LogP contribution is -2.34. The topological polar surface area (TPSA) is 47.6 Å². The van der Waals surface area contributed by atoms with Gasteiger partial charge < -0.3 is 14.8 Å². The molecule has 1 aliphatic heterocycles. The van der Waals surface area contributed by atoms with Gasteiger partial charge in [0.25, 0.3) is 0 Å². The van der Waals surface area contributed by atoms with Gasteiger partial charge in [0, 0.05) is 29.4 Å². The van der Waals surface area contributed by atoms with E-state index >= 15 is 0 Å². The van der Waals surface area contributed by atoms with Crippen LogP contribution in [0.3, 0.4) is 0 Å². The Hall–Kier alpha value is 0.0300. The Kier molecular flexibility index (Phi) is 6.34. The van der Waals surface area contributed by atoms with Crippen LogP contribution in [0.4, 0.5) is 0 Å². The van der Waals surface area contributed by atoms with E-state index in [1.165, 1.54) is 0 Å². The second-order valence-corrected chi connectivity index (χ2v) is 4.99. The number of hydrogen-bond donors (Lipinski definition) is 1. The molecule has 0 spiro atoms. The third-order valence-electron chi connectivity index (χ3n) is 2.13. The fourth-order valence-corrected chi connectivity index (χ4v) is 1.88. The Labute approximate surface area is 87.8 Å². The molecule has 1 N–H and O–H groups in total. The molecular weight excluding hydrogens is 202 g/mol. The van der Waals surface area contributed by atoms with E-state index < -0.39 is 10.8 Å². The first-order chi connectivity index (χ1) is 6.79. The van der Waals surface area contributed by atoms with Crippen LogP contribution < -0.4 is 5.32 Å². The van der Waals surface area contributed by atoms with Gasteiger partial charge in [-0.05, 0) is 19.4 Å². The van der Waals surface area contributed by atoms with E-state index in [4.69, 9.17) is 9.47 Å². The van der Waals surface area contributed by atoms with Gasteiger partial charge in [-0.3, -0.25) is 4.21 Å². The number of nitrogens with one attached hydrogen (secondary N) is 1. The maximum absolute atomic E-state index is 10.8. The number of rotatable bonds is 6. The lowest BCUT2D eigenvalue weighted by molar-refractivity contribution is -0.137. The zero-order valence-corrected chi connectivity index (χ0v) is 9.48. The van der Waals surface area contributed by atoms with E-state index in [1.54, 1.807) is 6.26 Å². The summed E-state index contributed by atoms with van der Waals surface area (Å²) in [6.07, 6.45) is 3.96. The first-order valence-corrected chi connectivity index (χ1v) is 6.72. The van der Waals surface area contributed by atoms with Crippen molar-refractivity contribution in [2.45, 2.75) is 18.9 Å². The van der Waals surface area contributed by atoms with Crippen LogP contribution in [0.2, 0.25) is 0 Å². The molecule has 0 radical (unpaired) electrons. The van der Waals surface area contributed by atoms with Crippen LogP contribution in [0.5, 0.6) is 0 Å². The Morgan fingerprint density at radius 3 is 3.07 bits per heavy atom. The van der Waals surface area contributed by atoms with Crippen molar-refractivity contribution >= 4 is 10.8 Å². The van der Waals surface area contributed by atoms with Gasteiger partial charge in [-0.1, -0.05) is 0 Å². The van der Waals surface area contributed by atoms with Crippen molar-refractivity contribution < 1.29 is 13.7 Å². The van der Waals surface area contributed by atoms with E-state index in [0.717, 1.165) is 38.3 Å². The molecule has 0 bridgehead atoms. The van der Waals surface area contributed by atoms with Crippen LogP contribution in [0.25, 0.3) is 0 Å². The first kappa shape index (κ1) is 12.1. The van der Waals surface area contributed by atoms with Crippen LogP contribution in [0, 0.1) is 0 Å². The Balaban J connectivity index is 1.90. The Morgan fingerprint density at radius 2 is 2.43 bits per heavy atom. The van der Waals surface area contributed by atoms with Crippen LogP contribution in [0.1, 0.15) is 12.8 Å². The fourth-order valence-electron chi connectivity index (χ4n) is 1.33. The van der Waals surface area contributed by atoms with Crippen molar-refractivity contribution in [2.75, 3.05) is 38.5 Å². The molecule has 1 rings (SSSR count). The first-order valence-electron chi connectivity index (χ1n) is 4.99. The van der Waals surface area contributed by atoms with Gasteiger partial charge in [0.1, 0.15) is 6.79 Å². The van der Waals surface area contributed by atoms with Gasteiger partial charge in [-0.25, -0.2) is 0 Å². The van der Waals surface area contributed by atoms with E-state index in [1.807, 2.05) is 0 Å². The zero-order chi connectivity index (χ0) is 10.2. The van der Waals surface area contributed by atoms with Gasteiger partial charge in [0.05, 0.1) is 12.7 Å². The molecule has 1 aliphatic rings. The molecule has 0 aliphatic carbocycles. The molecule has 2 atom stereocenters. The average molecular weight is 221 g/mol. The molecule has 0 aromatic carbocycles. The van der Waals surface area contributed by atoms with E-state index in [-0.39, 0.29) is 6.10 Å². The monoisotopic (exact) mass is 221 g/mol. The predicted molar refractivity (Wildman–Crippen MR) is 56.7 cm³/mol. The molecule has 0 aromatic heterocycles. The maximum atomic E-state index is 10.8. The summed E-state index contributed by atoms with van der Waals surface area (Å²) in [5.41, 5.74) is 0. The van der Waals surface area contributed by atoms with Crippen molar-refractivity contribution in [2.24, 2.45) is 0 Å². The van der Waals surface area contributed by atoms with Crippen LogP contribution in [-0.2, 0) is 20.3 Å². The summed E-state index contributed by atoms with van der Waals surface area (Å²) in [6.45, 7) is 3.01. The Morgan fingerprint density at radius 1 is 1.57 bits per heavy atom. The maximum Gasteiger partial charge on any atom is 0.147 e. The van der Waals surface area contributed by atoms with E-state index in [9.17, 15) is 4.21 Å². The standard InChI is InChI=1S/C9H19NO3S/c1-14(11)6-2-4-10-7-9-3-5-12-8-13-9/h9-10H,2-8H2,1H3. The molecule has 0 amide bonds. The van der Waals surface area contributed by atoms with Gasteiger partial charge in [0.2, 0.25) is 0 Å². The molecule has 14 heavy (non-hydrogen) atoms. The van der Waals surface area contributed by atoms with Crippen molar-refractivity contribution in [3.8, 4) is 0 Å². The van der Waals surface area contributed by atoms with Crippen molar-refractivity contribution in [3.05, 3.63) is 0 Å². The third-order valence-corrected chi connectivity index (χ3v) is 2.99. The SMILES string of the molecule is CS(=O)CCCNCC1CCOCO1. The van der Waals surface area contributed by atoms with E-state index in [2.05, 4.69) is 5.32 Å². The zero-order valence-electron chi connectivity index (χ0n) is 8.66. The summed E-state index contributed by atoms with van der Waals surface area (Å²) in [5.74, 6) is 0.779. The molecule has 84 valence electrons. The van der Waals surface area contributed by atoms with Crippen LogP contribution in [0.15, 0.2) is 0 Å². The Bertz CT molecular complexity index is 171. The lowest BCUT2D eigenvalue weighted by Gasteiger charge is -2.22. The highest BCUT2D eigenvalue weighted by Crippen LogP contribution is 2.04. The minimum absolute atomic E-state index is 0.288. The molecule has 1 heterocycles. The molecule has 1 fully saturated rings. The van der Waals surface area contributed by atoms with Gasteiger partial charge in [0.15, 0.2) is 0 Å². The van der Waals surface area contributed by atoms with Gasteiger partial charge >= 0.3 is 0 Å². The lowest BCUT2D eigenvalue weighted by atomic mass is 10.2. The summed E-state index contributed by atoms with van der Waals surface area (Å²) >= 11 is 0. The summed E-state index contributed by atoms with van der Waals surface area (Å²) in [5, 5.41) is 3.30. The fraction of sp³-hybridized carbons (Fsp3) is 1.00. The summed E-state index contributed by atoms with van der Waals surface area (Å²) in [4.78, 5) is 0. The molecular formula is C9H19NO3S.